The van der Waals surface area contributed by atoms with Crippen LogP contribution >= 0.6 is 0 Å². The second-order valence-electron chi connectivity index (χ2n) is 7.51. The van der Waals surface area contributed by atoms with Gasteiger partial charge < -0.3 is 20.0 Å². The van der Waals surface area contributed by atoms with Gasteiger partial charge in [-0.25, -0.2) is 14.8 Å². The van der Waals surface area contributed by atoms with Crippen molar-refractivity contribution in [1.82, 2.24) is 25.3 Å². The zero-order chi connectivity index (χ0) is 19.3. The van der Waals surface area contributed by atoms with Crippen LogP contribution in [0.25, 0.3) is 11.5 Å². The molecule has 150 valence electrons. The van der Waals surface area contributed by atoms with Crippen LogP contribution in [0.2, 0.25) is 0 Å². The van der Waals surface area contributed by atoms with Gasteiger partial charge in [-0.1, -0.05) is 6.07 Å². The van der Waals surface area contributed by atoms with Crippen molar-refractivity contribution in [3.05, 3.63) is 29.6 Å². The monoisotopic (exact) mass is 384 g/mol. The van der Waals surface area contributed by atoms with Crippen LogP contribution in [0.4, 0.5) is 10.6 Å². The predicted molar refractivity (Wildman–Crippen MR) is 107 cm³/mol. The van der Waals surface area contributed by atoms with Crippen LogP contribution < -0.4 is 10.8 Å². The molecule has 0 bridgehead atoms. The summed E-state index contributed by atoms with van der Waals surface area (Å²) in [5.74, 6) is 2.20. The highest BCUT2D eigenvalue weighted by molar-refractivity contribution is 5.67. The van der Waals surface area contributed by atoms with Gasteiger partial charge in [0.05, 0.1) is 5.69 Å². The second kappa shape index (κ2) is 8.60. The van der Waals surface area contributed by atoms with Gasteiger partial charge in [0, 0.05) is 37.8 Å². The number of piperidine rings is 1. The van der Waals surface area contributed by atoms with Gasteiger partial charge in [-0.3, -0.25) is 0 Å². The summed E-state index contributed by atoms with van der Waals surface area (Å²) in [6, 6.07) is 5.84. The van der Waals surface area contributed by atoms with Crippen molar-refractivity contribution in [1.29, 1.82) is 0 Å². The standard InChI is InChI=1S/C20H28N6O2/c1-14-18(15-8-9-15)25-19(23-14)16-6-5-7-17(24-16)21-10-11-22-28-20(27)26-12-3-2-4-13-26/h5-7,15,22H,2-4,8-13H2,1H3,(H,21,24)(H,23,25). The summed E-state index contributed by atoms with van der Waals surface area (Å²) in [5, 5.41) is 3.24. The fourth-order valence-corrected chi connectivity index (χ4v) is 3.51. The molecule has 8 nitrogen and oxygen atoms in total. The number of hydroxylamine groups is 1. The highest BCUT2D eigenvalue weighted by Crippen LogP contribution is 2.41. The van der Waals surface area contributed by atoms with E-state index >= 15 is 0 Å². The number of hydrogen-bond donors (Lipinski definition) is 3. The number of aryl methyl sites for hydroxylation is 1. The normalized spacial score (nSPS) is 16.8. The number of pyridine rings is 1. The van der Waals surface area contributed by atoms with Crippen molar-refractivity contribution in [3.63, 3.8) is 0 Å². The van der Waals surface area contributed by atoms with E-state index in [1.165, 1.54) is 25.0 Å². The molecule has 0 spiro atoms. The first kappa shape index (κ1) is 18.7. The molecule has 2 aliphatic rings. The molecule has 4 rings (SSSR count). The third kappa shape index (κ3) is 4.62. The van der Waals surface area contributed by atoms with Crippen LogP contribution in [0, 0.1) is 6.92 Å². The van der Waals surface area contributed by atoms with E-state index in [0.717, 1.165) is 49.0 Å². The number of aromatic nitrogens is 3. The molecule has 0 atom stereocenters. The quantitative estimate of drug-likeness (QED) is 0.501. The highest BCUT2D eigenvalue weighted by Gasteiger charge is 2.28. The molecule has 0 unspecified atom stereocenters. The van der Waals surface area contributed by atoms with Crippen LogP contribution in [0.5, 0.6) is 0 Å². The molecule has 3 heterocycles. The second-order valence-corrected chi connectivity index (χ2v) is 7.51. The molecule has 3 N–H and O–H groups in total. The number of imidazole rings is 1. The minimum Gasteiger partial charge on any atom is -0.369 e. The topological polar surface area (TPSA) is 95.2 Å². The lowest BCUT2D eigenvalue weighted by Crippen LogP contribution is -2.39. The van der Waals surface area contributed by atoms with Crippen LogP contribution in [-0.2, 0) is 4.84 Å². The predicted octanol–water partition coefficient (Wildman–Crippen LogP) is 3.20. The number of H-pyrrole nitrogens is 1. The van der Waals surface area contributed by atoms with Crippen LogP contribution in [0.15, 0.2) is 18.2 Å². The molecule has 1 saturated heterocycles. The first-order valence-electron chi connectivity index (χ1n) is 10.2. The van der Waals surface area contributed by atoms with Gasteiger partial charge in [-0.05, 0) is 51.2 Å². The summed E-state index contributed by atoms with van der Waals surface area (Å²) in [6.45, 7) is 4.73. The summed E-state index contributed by atoms with van der Waals surface area (Å²) in [4.78, 5) is 31.5. The Bertz CT molecular complexity index is 811. The van der Waals surface area contributed by atoms with Crippen molar-refractivity contribution in [2.24, 2.45) is 0 Å². The number of nitrogens with zero attached hydrogens (tertiary/aromatic N) is 3. The number of aromatic amines is 1. The largest absolute Gasteiger partial charge is 0.428 e. The van der Waals surface area contributed by atoms with Crippen molar-refractivity contribution in [2.45, 2.75) is 44.9 Å². The Labute approximate surface area is 165 Å². The summed E-state index contributed by atoms with van der Waals surface area (Å²) < 4.78 is 0. The summed E-state index contributed by atoms with van der Waals surface area (Å²) >= 11 is 0. The number of hydrogen-bond acceptors (Lipinski definition) is 6. The number of amides is 1. The Morgan fingerprint density at radius 1 is 1.21 bits per heavy atom. The molecular weight excluding hydrogens is 356 g/mol. The van der Waals surface area contributed by atoms with Gasteiger partial charge in [0.2, 0.25) is 0 Å². The Morgan fingerprint density at radius 2 is 2.04 bits per heavy atom. The molecule has 2 aromatic heterocycles. The Hall–Kier alpha value is -2.61. The Balaban J connectivity index is 1.24. The highest BCUT2D eigenvalue weighted by atomic mass is 16.7. The van der Waals surface area contributed by atoms with Gasteiger partial charge in [-0.15, -0.1) is 5.48 Å². The molecule has 0 radical (unpaired) electrons. The van der Waals surface area contributed by atoms with Crippen molar-refractivity contribution >= 4 is 11.9 Å². The van der Waals surface area contributed by atoms with Gasteiger partial charge >= 0.3 is 6.09 Å². The van der Waals surface area contributed by atoms with Gasteiger partial charge in [-0.2, -0.15) is 0 Å². The number of rotatable bonds is 7. The lowest BCUT2D eigenvalue weighted by atomic mass is 10.1. The van der Waals surface area contributed by atoms with E-state index in [1.54, 1.807) is 4.90 Å². The average Bonchev–Trinajstić information content (AvgIpc) is 3.50. The maximum Gasteiger partial charge on any atom is 0.428 e. The average molecular weight is 384 g/mol. The molecule has 28 heavy (non-hydrogen) atoms. The van der Waals surface area contributed by atoms with Gasteiger partial charge in [0.25, 0.3) is 0 Å². The number of anilines is 1. The van der Waals surface area contributed by atoms with E-state index < -0.39 is 0 Å². The third-order valence-electron chi connectivity index (χ3n) is 5.19. The maximum absolute atomic E-state index is 11.9. The molecule has 1 saturated carbocycles. The molecule has 1 amide bonds. The first-order chi connectivity index (χ1) is 13.7. The lowest BCUT2D eigenvalue weighted by molar-refractivity contribution is 0.0520. The molecule has 0 aromatic carbocycles. The number of carbonyl (C=O) groups is 1. The Kier molecular flexibility index (Phi) is 5.76. The van der Waals surface area contributed by atoms with E-state index in [-0.39, 0.29) is 6.09 Å². The third-order valence-corrected chi connectivity index (χ3v) is 5.19. The molecule has 1 aliphatic carbocycles. The fraction of sp³-hybridized carbons (Fsp3) is 0.550. The van der Waals surface area contributed by atoms with E-state index in [1.807, 2.05) is 18.2 Å². The van der Waals surface area contributed by atoms with Crippen LogP contribution in [-0.4, -0.2) is 52.1 Å². The minimum atomic E-state index is -0.292. The van der Waals surface area contributed by atoms with Crippen molar-refractivity contribution in [2.75, 3.05) is 31.5 Å². The van der Waals surface area contributed by atoms with Gasteiger partial charge in [0.1, 0.15) is 11.5 Å². The summed E-state index contributed by atoms with van der Waals surface area (Å²) in [7, 11) is 0. The smallest absolute Gasteiger partial charge is 0.369 e. The SMILES string of the molecule is Cc1[nH]c(-c2cccc(NCCNOC(=O)N3CCCCC3)n2)nc1C1CC1. The van der Waals surface area contributed by atoms with Crippen LogP contribution in [0.3, 0.4) is 0 Å². The first-order valence-corrected chi connectivity index (χ1v) is 10.2. The summed E-state index contributed by atoms with van der Waals surface area (Å²) in [5.41, 5.74) is 5.87. The minimum absolute atomic E-state index is 0.292. The zero-order valence-electron chi connectivity index (χ0n) is 16.3. The molecule has 2 fully saturated rings. The van der Waals surface area contributed by atoms with E-state index in [2.05, 4.69) is 27.7 Å². The van der Waals surface area contributed by atoms with E-state index in [0.29, 0.717) is 19.0 Å². The van der Waals surface area contributed by atoms with E-state index in [4.69, 9.17) is 9.82 Å². The zero-order valence-corrected chi connectivity index (χ0v) is 16.3. The number of likely N-dealkylation sites (tertiary alicyclic amines) is 1. The molecule has 8 heteroatoms. The van der Waals surface area contributed by atoms with Crippen molar-refractivity contribution < 1.29 is 9.63 Å². The fourth-order valence-electron chi connectivity index (χ4n) is 3.51. The lowest BCUT2D eigenvalue weighted by Gasteiger charge is -2.25. The Morgan fingerprint density at radius 3 is 2.82 bits per heavy atom. The molecule has 1 aliphatic heterocycles. The molecular formula is C20H28N6O2. The van der Waals surface area contributed by atoms with Gasteiger partial charge in [0.15, 0.2) is 5.82 Å². The van der Waals surface area contributed by atoms with E-state index in [9.17, 15) is 4.79 Å². The maximum atomic E-state index is 11.9. The van der Waals surface area contributed by atoms with Crippen LogP contribution in [0.1, 0.15) is 49.4 Å². The molecule has 2 aromatic rings. The number of nitrogens with one attached hydrogen (secondary N) is 3. The van der Waals surface area contributed by atoms with Crippen molar-refractivity contribution in [3.8, 4) is 11.5 Å². The number of carbonyl (C=O) groups excluding carboxylic acids is 1. The summed E-state index contributed by atoms with van der Waals surface area (Å²) in [6.07, 6.45) is 5.46.